The van der Waals surface area contributed by atoms with E-state index in [9.17, 15) is 14.0 Å². The van der Waals surface area contributed by atoms with E-state index in [-0.39, 0.29) is 23.2 Å². The molecule has 0 amide bonds. The van der Waals surface area contributed by atoms with Gasteiger partial charge in [0, 0.05) is 11.3 Å². The molecule has 21 heavy (non-hydrogen) atoms. The zero-order chi connectivity index (χ0) is 15.6. The SMILES string of the molecule is Cc1ccc(C(=O)O)c(=O)n1Cc1cccc(C#N)c1F. The van der Waals surface area contributed by atoms with Crippen molar-refractivity contribution in [3.05, 3.63) is 68.9 Å². The zero-order valence-corrected chi connectivity index (χ0v) is 11.1. The molecular formula is C15H11FN2O3. The van der Waals surface area contributed by atoms with Gasteiger partial charge >= 0.3 is 5.97 Å². The molecule has 106 valence electrons. The third-order valence-electron chi connectivity index (χ3n) is 3.15. The van der Waals surface area contributed by atoms with Crippen LogP contribution in [0.2, 0.25) is 0 Å². The second-order valence-electron chi connectivity index (χ2n) is 4.48. The van der Waals surface area contributed by atoms with Crippen LogP contribution in [0.1, 0.15) is 27.2 Å². The summed E-state index contributed by atoms with van der Waals surface area (Å²) >= 11 is 0. The van der Waals surface area contributed by atoms with E-state index in [1.807, 2.05) is 0 Å². The van der Waals surface area contributed by atoms with Crippen LogP contribution < -0.4 is 5.56 Å². The molecule has 0 atom stereocenters. The normalized spacial score (nSPS) is 10.1. The molecule has 0 aliphatic carbocycles. The Kier molecular flexibility index (Phi) is 3.85. The molecular weight excluding hydrogens is 275 g/mol. The van der Waals surface area contributed by atoms with Gasteiger partial charge in [0.1, 0.15) is 17.4 Å². The standard InChI is InChI=1S/C15H11FN2O3/c1-9-5-6-12(15(20)21)14(19)18(9)8-11-4-2-3-10(7-17)13(11)16/h2-6H,8H2,1H3,(H,20,21). The second kappa shape index (κ2) is 5.59. The van der Waals surface area contributed by atoms with Crippen molar-refractivity contribution in [3.8, 4) is 6.07 Å². The first-order chi connectivity index (χ1) is 9.95. The number of aromatic carboxylic acids is 1. The van der Waals surface area contributed by atoms with Gasteiger partial charge < -0.3 is 9.67 Å². The highest BCUT2D eigenvalue weighted by molar-refractivity contribution is 5.87. The van der Waals surface area contributed by atoms with E-state index in [1.54, 1.807) is 13.0 Å². The summed E-state index contributed by atoms with van der Waals surface area (Å²) in [5.41, 5.74) is -0.539. The maximum Gasteiger partial charge on any atom is 0.341 e. The van der Waals surface area contributed by atoms with Crippen molar-refractivity contribution in [1.29, 1.82) is 5.26 Å². The highest BCUT2D eigenvalue weighted by Gasteiger charge is 2.14. The summed E-state index contributed by atoms with van der Waals surface area (Å²) in [5.74, 6) is -2.04. The number of nitriles is 1. The molecule has 0 saturated heterocycles. The highest BCUT2D eigenvalue weighted by atomic mass is 19.1. The number of nitrogens with zero attached hydrogens (tertiary/aromatic N) is 2. The molecule has 6 heteroatoms. The Morgan fingerprint density at radius 2 is 2.10 bits per heavy atom. The lowest BCUT2D eigenvalue weighted by Crippen LogP contribution is -2.28. The predicted octanol–water partition coefficient (Wildman–Crippen LogP) is 1.91. The van der Waals surface area contributed by atoms with E-state index in [0.29, 0.717) is 5.69 Å². The molecule has 0 radical (unpaired) electrons. The molecule has 0 aliphatic heterocycles. The molecule has 0 unspecified atom stereocenters. The Bertz CT molecular complexity index is 819. The van der Waals surface area contributed by atoms with E-state index >= 15 is 0 Å². The van der Waals surface area contributed by atoms with Gasteiger partial charge in [0.2, 0.25) is 0 Å². The fourth-order valence-corrected chi connectivity index (χ4v) is 1.99. The van der Waals surface area contributed by atoms with Crippen LogP contribution in [0.3, 0.4) is 0 Å². The van der Waals surface area contributed by atoms with Gasteiger partial charge in [0.15, 0.2) is 0 Å². The third-order valence-corrected chi connectivity index (χ3v) is 3.15. The van der Waals surface area contributed by atoms with Crippen molar-refractivity contribution in [2.24, 2.45) is 0 Å². The molecule has 1 N–H and O–H groups in total. The van der Waals surface area contributed by atoms with Crippen molar-refractivity contribution in [2.75, 3.05) is 0 Å². The lowest BCUT2D eigenvalue weighted by atomic mass is 10.1. The molecule has 0 saturated carbocycles. The highest BCUT2D eigenvalue weighted by Crippen LogP contribution is 2.14. The fourth-order valence-electron chi connectivity index (χ4n) is 1.99. The number of pyridine rings is 1. The lowest BCUT2D eigenvalue weighted by Gasteiger charge is -2.12. The number of carboxylic acids is 1. The van der Waals surface area contributed by atoms with Crippen molar-refractivity contribution in [3.63, 3.8) is 0 Å². The average molecular weight is 286 g/mol. The Balaban J connectivity index is 2.55. The molecule has 0 bridgehead atoms. The number of hydrogen-bond donors (Lipinski definition) is 1. The summed E-state index contributed by atoms with van der Waals surface area (Å²) in [6.45, 7) is 1.49. The van der Waals surface area contributed by atoms with Crippen LogP contribution in [-0.2, 0) is 6.54 Å². The largest absolute Gasteiger partial charge is 0.477 e. The van der Waals surface area contributed by atoms with Crippen LogP contribution in [-0.4, -0.2) is 15.6 Å². The smallest absolute Gasteiger partial charge is 0.341 e. The summed E-state index contributed by atoms with van der Waals surface area (Å²) in [6.07, 6.45) is 0. The number of aromatic nitrogens is 1. The summed E-state index contributed by atoms with van der Waals surface area (Å²) in [7, 11) is 0. The van der Waals surface area contributed by atoms with Gasteiger partial charge in [0.25, 0.3) is 5.56 Å². The lowest BCUT2D eigenvalue weighted by molar-refractivity contribution is 0.0694. The van der Waals surface area contributed by atoms with Crippen molar-refractivity contribution < 1.29 is 14.3 Å². The maximum atomic E-state index is 14.0. The Morgan fingerprint density at radius 3 is 2.71 bits per heavy atom. The number of carboxylic acid groups (broad SMARTS) is 1. The summed E-state index contributed by atoms with van der Waals surface area (Å²) in [4.78, 5) is 23.1. The molecule has 0 aliphatic rings. The number of carbonyl (C=O) groups is 1. The predicted molar refractivity (Wildman–Crippen MR) is 72.6 cm³/mol. The second-order valence-corrected chi connectivity index (χ2v) is 4.48. The molecule has 1 heterocycles. The minimum Gasteiger partial charge on any atom is -0.477 e. The van der Waals surface area contributed by atoms with Crippen LogP contribution in [0.4, 0.5) is 4.39 Å². The molecule has 5 nitrogen and oxygen atoms in total. The minimum atomic E-state index is -1.33. The van der Waals surface area contributed by atoms with E-state index in [0.717, 1.165) is 0 Å². The fraction of sp³-hybridized carbons (Fsp3) is 0.133. The quantitative estimate of drug-likeness (QED) is 0.934. The van der Waals surface area contributed by atoms with Gasteiger partial charge in [0.05, 0.1) is 12.1 Å². The average Bonchev–Trinajstić information content (AvgIpc) is 2.44. The number of benzene rings is 1. The van der Waals surface area contributed by atoms with E-state index in [4.69, 9.17) is 10.4 Å². The molecule has 0 spiro atoms. The molecule has 0 fully saturated rings. The van der Waals surface area contributed by atoms with Gasteiger partial charge in [-0.3, -0.25) is 4.79 Å². The van der Waals surface area contributed by atoms with E-state index < -0.39 is 17.3 Å². The first-order valence-corrected chi connectivity index (χ1v) is 6.07. The third kappa shape index (κ3) is 2.67. The van der Waals surface area contributed by atoms with Gasteiger partial charge in [-0.1, -0.05) is 12.1 Å². The van der Waals surface area contributed by atoms with E-state index in [2.05, 4.69) is 0 Å². The molecule has 2 aromatic rings. The zero-order valence-electron chi connectivity index (χ0n) is 11.1. The maximum absolute atomic E-state index is 14.0. The topological polar surface area (TPSA) is 83.1 Å². The van der Waals surface area contributed by atoms with Gasteiger partial charge in [-0.15, -0.1) is 0 Å². The number of aryl methyl sites for hydroxylation is 1. The van der Waals surface area contributed by atoms with Crippen molar-refractivity contribution in [2.45, 2.75) is 13.5 Å². The first kappa shape index (κ1) is 14.5. The molecule has 1 aromatic carbocycles. The monoisotopic (exact) mass is 286 g/mol. The van der Waals surface area contributed by atoms with Gasteiger partial charge in [-0.25, -0.2) is 9.18 Å². The Labute approximate surface area is 119 Å². The summed E-state index contributed by atoms with van der Waals surface area (Å²) in [5, 5.41) is 17.8. The minimum absolute atomic E-state index is 0.118. The number of hydrogen-bond acceptors (Lipinski definition) is 3. The van der Waals surface area contributed by atoms with Crippen LogP contribution in [0.5, 0.6) is 0 Å². The van der Waals surface area contributed by atoms with Crippen molar-refractivity contribution >= 4 is 5.97 Å². The number of rotatable bonds is 3. The first-order valence-electron chi connectivity index (χ1n) is 6.07. The Hall–Kier alpha value is -2.94. The van der Waals surface area contributed by atoms with Crippen LogP contribution in [0, 0.1) is 24.1 Å². The number of halogens is 1. The van der Waals surface area contributed by atoms with Crippen molar-refractivity contribution in [1.82, 2.24) is 4.57 Å². The van der Waals surface area contributed by atoms with Crippen LogP contribution in [0.25, 0.3) is 0 Å². The van der Waals surface area contributed by atoms with E-state index in [1.165, 1.54) is 34.9 Å². The molecule has 1 aromatic heterocycles. The van der Waals surface area contributed by atoms with Gasteiger partial charge in [-0.2, -0.15) is 5.26 Å². The summed E-state index contributed by atoms with van der Waals surface area (Å²) in [6, 6.07) is 8.73. The Morgan fingerprint density at radius 1 is 1.38 bits per heavy atom. The molecule has 2 rings (SSSR count). The van der Waals surface area contributed by atoms with Crippen LogP contribution >= 0.6 is 0 Å². The van der Waals surface area contributed by atoms with Gasteiger partial charge in [-0.05, 0) is 25.1 Å². The summed E-state index contributed by atoms with van der Waals surface area (Å²) < 4.78 is 15.2. The van der Waals surface area contributed by atoms with Crippen LogP contribution in [0.15, 0.2) is 35.1 Å².